The molecule has 402 valence electrons. The number of nitrogens with zero attached hydrogens (tertiary/aromatic N) is 2. The predicted molar refractivity (Wildman–Crippen MR) is 323 cm³/mol. The van der Waals surface area contributed by atoms with Crippen LogP contribution in [0.1, 0.15) is 165 Å². The lowest BCUT2D eigenvalue weighted by Crippen LogP contribution is -2.04. The second-order valence-corrected chi connectivity index (χ2v) is 22.3. The second-order valence-electron chi connectivity index (χ2n) is 19.3. The molecule has 0 spiro atoms. The summed E-state index contributed by atoms with van der Waals surface area (Å²) in [7, 11) is -6.02. The fraction of sp³-hybridized carbons (Fsp3) is 0.387. The van der Waals surface area contributed by atoms with Gasteiger partial charge in [-0.2, -0.15) is 0 Å². The maximum Gasteiger partial charge on any atom is 0.796 e. The van der Waals surface area contributed by atoms with Crippen molar-refractivity contribution >= 4 is 96.1 Å². The number of unbranched alkanes of at least 4 members (excludes halogenated alkanes) is 18. The monoisotopic (exact) mass is 1110 g/mol. The molecular formula is C62H72B2Cl2F4N2O2S2. The third-order valence-electron chi connectivity index (χ3n) is 13.3. The smallest absolute Gasteiger partial charge is 0.505 e. The lowest BCUT2D eigenvalue weighted by molar-refractivity contribution is 0.395. The van der Waals surface area contributed by atoms with Gasteiger partial charge in [-0.15, -0.1) is 22.7 Å². The molecule has 0 aliphatic heterocycles. The van der Waals surface area contributed by atoms with Gasteiger partial charge in [0.05, 0.1) is 11.4 Å². The van der Waals surface area contributed by atoms with E-state index in [0.29, 0.717) is 32.5 Å². The first-order valence-corrected chi connectivity index (χ1v) is 29.9. The fourth-order valence-electron chi connectivity index (χ4n) is 9.14. The minimum absolute atomic E-state index is 0.0142. The Kier molecular flexibility index (Phi) is 27.1. The van der Waals surface area contributed by atoms with Gasteiger partial charge in [0.15, 0.2) is 0 Å². The topological polar surface area (TPSA) is 43.2 Å². The van der Waals surface area contributed by atoms with E-state index in [2.05, 4.69) is 36.0 Å². The van der Waals surface area contributed by atoms with Gasteiger partial charge in [0.2, 0.25) is 0 Å². The summed E-state index contributed by atoms with van der Waals surface area (Å²) in [5.74, 6) is 0.0284. The number of aliphatic imine (C=N–C) groups is 2. The Morgan fingerprint density at radius 1 is 0.447 bits per heavy atom. The summed E-state index contributed by atoms with van der Waals surface area (Å²) in [5, 5.41) is 1.16. The summed E-state index contributed by atoms with van der Waals surface area (Å²) < 4.78 is 64.9. The SMILES string of the molecule is CCCCCCCCCCCCc1cc(-c2ccc(/C(=C/C=Nc3ccc(Cl)cc3)OB(F)F)cc2)sc1-c1sc(-c2ccc(/C(=C/C=Nc3ccc(Cl)cc3)OB(F)F)cc2)cc1CCCCCCCCCCCC. The lowest BCUT2D eigenvalue weighted by Gasteiger charge is -2.08. The van der Waals surface area contributed by atoms with Crippen molar-refractivity contribution < 1.29 is 26.6 Å². The van der Waals surface area contributed by atoms with Crippen molar-refractivity contribution in [2.75, 3.05) is 0 Å². The maximum absolute atomic E-state index is 13.7. The van der Waals surface area contributed by atoms with Crippen LogP contribution in [0.4, 0.5) is 28.6 Å². The van der Waals surface area contributed by atoms with E-state index in [-0.39, 0.29) is 11.5 Å². The van der Waals surface area contributed by atoms with Crippen molar-refractivity contribution in [2.24, 2.45) is 9.98 Å². The molecule has 6 rings (SSSR count). The third kappa shape index (κ3) is 21.2. The number of benzene rings is 4. The third-order valence-corrected chi connectivity index (χ3v) is 16.4. The molecule has 6 aromatic rings. The number of rotatable bonds is 35. The van der Waals surface area contributed by atoms with Gasteiger partial charge >= 0.3 is 14.9 Å². The summed E-state index contributed by atoms with van der Waals surface area (Å²) in [6.45, 7) is 4.52. The molecule has 0 aliphatic carbocycles. The molecule has 2 heterocycles. The molecule has 0 N–H and O–H groups in total. The Balaban J connectivity index is 1.29. The van der Waals surface area contributed by atoms with Crippen molar-refractivity contribution in [1.29, 1.82) is 0 Å². The van der Waals surface area contributed by atoms with Crippen LogP contribution in [-0.2, 0) is 22.2 Å². The number of halogens is 6. The Labute approximate surface area is 469 Å². The number of allylic oxidation sites excluding steroid dienone is 2. The van der Waals surface area contributed by atoms with Crippen molar-refractivity contribution in [3.63, 3.8) is 0 Å². The second kappa shape index (κ2) is 34.1. The summed E-state index contributed by atoms with van der Waals surface area (Å²) in [5.41, 5.74) is 6.90. The molecule has 0 saturated heterocycles. The molecule has 4 nitrogen and oxygen atoms in total. The van der Waals surface area contributed by atoms with Gasteiger partial charge < -0.3 is 9.31 Å². The summed E-state index contributed by atoms with van der Waals surface area (Å²) in [4.78, 5) is 13.5. The molecule has 0 bridgehead atoms. The van der Waals surface area contributed by atoms with Crippen LogP contribution in [-0.4, -0.2) is 27.4 Å². The van der Waals surface area contributed by atoms with Gasteiger partial charge in [0, 0.05) is 53.1 Å². The first-order valence-electron chi connectivity index (χ1n) is 27.5. The average molecular weight is 1110 g/mol. The Morgan fingerprint density at radius 3 is 1.08 bits per heavy atom. The first kappa shape index (κ1) is 60.4. The van der Waals surface area contributed by atoms with E-state index < -0.39 is 14.9 Å². The summed E-state index contributed by atoms with van der Waals surface area (Å²) >= 11 is 15.6. The summed E-state index contributed by atoms with van der Waals surface area (Å²) in [6.07, 6.45) is 32.9. The molecule has 0 radical (unpaired) electrons. The van der Waals surface area contributed by atoms with Crippen molar-refractivity contribution in [3.05, 3.63) is 154 Å². The van der Waals surface area contributed by atoms with E-state index in [1.165, 1.54) is 161 Å². The van der Waals surface area contributed by atoms with Gasteiger partial charge in [-0.1, -0.05) is 201 Å². The molecule has 76 heavy (non-hydrogen) atoms. The van der Waals surface area contributed by atoms with Crippen LogP contribution in [0, 0.1) is 0 Å². The van der Waals surface area contributed by atoms with E-state index >= 15 is 0 Å². The molecule has 4 aromatic carbocycles. The van der Waals surface area contributed by atoms with Gasteiger partial charge in [-0.25, -0.2) is 17.3 Å². The summed E-state index contributed by atoms with van der Waals surface area (Å²) in [6, 6.07) is 33.7. The standard InChI is InChI=1S/C62H72B2Cl2F4N2O2S2/c1-3-5-7-9-11-13-15-17-19-21-23-51-45-59(49-29-25-47(26-30-49)57(73-63(67)68)41-43-71-55-37-33-53(65)34-38-55)75-61(51)62-52(24-22-20-18-16-14-12-10-8-6-4-2)46-60(76-62)50-31-27-48(28-32-50)58(74-64(69)70)42-44-72-56-39-35-54(66)36-40-56/h25-46H,3-24H2,1-2H3/b57-41-,58-42-,71-43?,72-44?. The highest BCUT2D eigenvalue weighted by atomic mass is 35.5. The van der Waals surface area contributed by atoms with Crippen LogP contribution >= 0.6 is 45.9 Å². The van der Waals surface area contributed by atoms with E-state index in [4.69, 9.17) is 32.5 Å². The highest BCUT2D eigenvalue weighted by Crippen LogP contribution is 2.47. The molecule has 0 saturated carbocycles. The Bertz CT molecular complexity index is 2540. The van der Waals surface area contributed by atoms with Gasteiger partial charge in [-0.05, 0) is 121 Å². The van der Waals surface area contributed by atoms with Crippen LogP contribution in [0.5, 0.6) is 0 Å². The van der Waals surface area contributed by atoms with E-state index in [9.17, 15) is 17.3 Å². The average Bonchev–Trinajstić information content (AvgIpc) is 4.05. The fourth-order valence-corrected chi connectivity index (χ4v) is 12.0. The highest BCUT2D eigenvalue weighted by Gasteiger charge is 2.23. The number of hydrogen-bond donors (Lipinski definition) is 0. The zero-order chi connectivity index (χ0) is 53.7. The van der Waals surface area contributed by atoms with Crippen LogP contribution < -0.4 is 0 Å². The zero-order valence-corrected chi connectivity index (χ0v) is 47.4. The molecule has 0 amide bonds. The normalized spacial score (nSPS) is 12.1. The Morgan fingerprint density at radius 2 is 0.763 bits per heavy atom. The molecule has 0 fully saturated rings. The largest absolute Gasteiger partial charge is 0.796 e. The number of aryl methyl sites for hydroxylation is 2. The van der Waals surface area contributed by atoms with Crippen LogP contribution in [0.15, 0.2) is 131 Å². The van der Waals surface area contributed by atoms with E-state index in [1.54, 1.807) is 71.2 Å². The first-order chi connectivity index (χ1) is 37.1. The Hall–Kier alpha value is -4.87. The number of hydrogen-bond acceptors (Lipinski definition) is 6. The lowest BCUT2D eigenvalue weighted by atomic mass is 10.00. The van der Waals surface area contributed by atoms with Crippen molar-refractivity contribution in [3.8, 4) is 30.6 Å². The molecule has 2 aromatic heterocycles. The molecule has 14 heteroatoms. The van der Waals surface area contributed by atoms with Gasteiger partial charge in [0.1, 0.15) is 11.5 Å². The van der Waals surface area contributed by atoms with Gasteiger partial charge in [-0.3, -0.25) is 9.98 Å². The van der Waals surface area contributed by atoms with Crippen molar-refractivity contribution in [2.45, 2.75) is 155 Å². The maximum atomic E-state index is 13.7. The van der Waals surface area contributed by atoms with E-state index in [1.807, 2.05) is 48.5 Å². The highest BCUT2D eigenvalue weighted by molar-refractivity contribution is 7.25. The van der Waals surface area contributed by atoms with Gasteiger partial charge in [0.25, 0.3) is 0 Å². The molecule has 0 unspecified atom stereocenters. The van der Waals surface area contributed by atoms with Crippen LogP contribution in [0.3, 0.4) is 0 Å². The quantitative estimate of drug-likeness (QED) is 0.0131. The minimum atomic E-state index is -3.01. The zero-order valence-electron chi connectivity index (χ0n) is 44.2. The predicted octanol–water partition coefficient (Wildman–Crippen LogP) is 22.4. The van der Waals surface area contributed by atoms with Crippen LogP contribution in [0.25, 0.3) is 42.2 Å². The number of thiophene rings is 2. The molecule has 0 aliphatic rings. The molecule has 0 atom stereocenters. The van der Waals surface area contributed by atoms with E-state index in [0.717, 1.165) is 46.6 Å². The minimum Gasteiger partial charge on any atom is -0.505 e. The van der Waals surface area contributed by atoms with Crippen LogP contribution in [0.2, 0.25) is 10.0 Å². The van der Waals surface area contributed by atoms with Crippen molar-refractivity contribution in [1.82, 2.24) is 0 Å². The molecular weight excluding hydrogens is 1040 g/mol.